The Morgan fingerprint density at radius 3 is 3.07 bits per heavy atom. The summed E-state index contributed by atoms with van der Waals surface area (Å²) in [6, 6.07) is 5.73. The Hall–Kier alpha value is -3.49. The van der Waals surface area contributed by atoms with Crippen LogP contribution >= 0.6 is 0 Å². The van der Waals surface area contributed by atoms with Crippen LogP contribution in [0, 0.1) is 0 Å². The third-order valence-corrected chi connectivity index (χ3v) is 6.01. The van der Waals surface area contributed by atoms with Crippen molar-refractivity contribution < 1.29 is 9.21 Å². The standard InChI is InChI=1S/C21H21N7O2/c1-2-12-4-3-8-28-16(12)10-15(26-28)18-17-14(22-11-23-17)7-9-27(18)21(29)20-25-24-19(30-20)13-5-6-13/h3-4,8,10-11,13,18H,2,5-7,9H2,1H3,(H,22,23)/t18-/m0/s1. The van der Waals surface area contributed by atoms with Crippen LogP contribution in [0.15, 0.2) is 35.1 Å². The number of aromatic amines is 1. The van der Waals surface area contributed by atoms with Crippen LogP contribution in [-0.2, 0) is 12.8 Å². The predicted molar refractivity (Wildman–Crippen MR) is 106 cm³/mol. The van der Waals surface area contributed by atoms with Crippen LogP contribution in [0.5, 0.6) is 0 Å². The molecule has 4 aromatic rings. The molecular formula is C21H21N7O2. The average Bonchev–Trinajstić information content (AvgIpc) is 3.19. The van der Waals surface area contributed by atoms with E-state index in [1.807, 2.05) is 16.8 Å². The molecule has 2 aliphatic rings. The highest BCUT2D eigenvalue weighted by molar-refractivity contribution is 5.90. The predicted octanol–water partition coefficient (Wildman–Crippen LogP) is 2.67. The number of fused-ring (bicyclic) bond motifs is 2. The maximum Gasteiger partial charge on any atom is 0.312 e. The Bertz CT molecular complexity index is 1250. The lowest BCUT2D eigenvalue weighted by atomic mass is 9.99. The number of nitrogens with zero attached hydrogens (tertiary/aromatic N) is 6. The number of hydrogen-bond acceptors (Lipinski definition) is 6. The van der Waals surface area contributed by atoms with Crippen LogP contribution in [0.25, 0.3) is 5.52 Å². The van der Waals surface area contributed by atoms with Crippen LogP contribution in [0.4, 0.5) is 0 Å². The molecule has 1 fully saturated rings. The fourth-order valence-corrected chi connectivity index (χ4v) is 4.26. The lowest BCUT2D eigenvalue weighted by Gasteiger charge is -2.32. The number of rotatable bonds is 4. The molecule has 9 heteroatoms. The van der Waals surface area contributed by atoms with Gasteiger partial charge in [0.2, 0.25) is 5.89 Å². The van der Waals surface area contributed by atoms with Gasteiger partial charge in [-0.1, -0.05) is 13.0 Å². The Balaban J connectivity index is 1.44. The molecular weight excluding hydrogens is 382 g/mol. The summed E-state index contributed by atoms with van der Waals surface area (Å²) >= 11 is 0. The van der Waals surface area contributed by atoms with Crippen molar-refractivity contribution in [3.63, 3.8) is 0 Å². The lowest BCUT2D eigenvalue weighted by Crippen LogP contribution is -2.41. The lowest BCUT2D eigenvalue weighted by molar-refractivity contribution is 0.0644. The molecule has 0 unspecified atom stereocenters. The van der Waals surface area contributed by atoms with Crippen LogP contribution < -0.4 is 0 Å². The number of carbonyl (C=O) groups is 1. The van der Waals surface area contributed by atoms with Gasteiger partial charge in [-0.15, -0.1) is 10.2 Å². The van der Waals surface area contributed by atoms with Crippen LogP contribution in [0.1, 0.15) is 70.9 Å². The number of aromatic nitrogens is 6. The molecule has 1 aliphatic carbocycles. The van der Waals surface area contributed by atoms with E-state index in [0.29, 0.717) is 24.8 Å². The van der Waals surface area contributed by atoms with E-state index in [1.54, 1.807) is 11.2 Å². The molecule has 0 bridgehead atoms. The molecule has 1 amide bonds. The van der Waals surface area contributed by atoms with E-state index in [2.05, 4.69) is 39.2 Å². The van der Waals surface area contributed by atoms with E-state index in [4.69, 9.17) is 9.52 Å². The van der Waals surface area contributed by atoms with Crippen LogP contribution in [0.2, 0.25) is 0 Å². The Kier molecular flexibility index (Phi) is 3.77. The van der Waals surface area contributed by atoms with Gasteiger partial charge in [-0.3, -0.25) is 4.79 Å². The molecule has 1 saturated carbocycles. The van der Waals surface area contributed by atoms with Crippen molar-refractivity contribution in [2.45, 2.75) is 44.6 Å². The minimum Gasteiger partial charge on any atom is -0.417 e. The van der Waals surface area contributed by atoms with E-state index in [-0.39, 0.29) is 11.8 Å². The SMILES string of the molecule is CCc1cccn2nc([C@H]3c4nc[nH]c4CCN3C(=O)c3nnc(C4CC4)o3)cc12. The summed E-state index contributed by atoms with van der Waals surface area (Å²) in [5, 5.41) is 12.9. The van der Waals surface area contributed by atoms with Gasteiger partial charge in [0.15, 0.2) is 0 Å². The molecule has 1 N–H and O–H groups in total. The minimum atomic E-state index is -0.409. The number of H-pyrrole nitrogens is 1. The second-order valence-electron chi connectivity index (χ2n) is 7.92. The van der Waals surface area contributed by atoms with Crippen molar-refractivity contribution in [1.82, 2.24) is 34.7 Å². The summed E-state index contributed by atoms with van der Waals surface area (Å²) in [4.78, 5) is 22.9. The maximum atomic E-state index is 13.4. The molecule has 0 radical (unpaired) electrons. The third-order valence-electron chi connectivity index (χ3n) is 6.01. The minimum absolute atomic E-state index is 0.0406. The fourth-order valence-electron chi connectivity index (χ4n) is 4.26. The number of carbonyl (C=O) groups excluding carboxylic acids is 1. The molecule has 0 saturated heterocycles. The summed E-state index contributed by atoms with van der Waals surface area (Å²) in [6.45, 7) is 2.64. The van der Waals surface area contributed by atoms with Crippen molar-refractivity contribution in [3.05, 3.63) is 65.1 Å². The van der Waals surface area contributed by atoms with E-state index >= 15 is 0 Å². The third kappa shape index (κ3) is 2.65. The number of amides is 1. The highest BCUT2D eigenvalue weighted by atomic mass is 16.4. The number of nitrogens with one attached hydrogen (secondary N) is 1. The largest absolute Gasteiger partial charge is 0.417 e. The monoisotopic (exact) mass is 403 g/mol. The first-order valence-corrected chi connectivity index (χ1v) is 10.4. The molecule has 5 heterocycles. The molecule has 152 valence electrons. The molecule has 1 aliphatic heterocycles. The molecule has 0 spiro atoms. The molecule has 9 nitrogen and oxygen atoms in total. The second-order valence-corrected chi connectivity index (χ2v) is 7.92. The zero-order valence-corrected chi connectivity index (χ0v) is 16.6. The first kappa shape index (κ1) is 17.4. The Morgan fingerprint density at radius 2 is 2.23 bits per heavy atom. The van der Waals surface area contributed by atoms with Gasteiger partial charge in [-0.2, -0.15) is 5.10 Å². The van der Waals surface area contributed by atoms with Gasteiger partial charge >= 0.3 is 11.8 Å². The fraction of sp³-hybridized carbons (Fsp3) is 0.381. The maximum absolute atomic E-state index is 13.4. The molecule has 0 aromatic carbocycles. The van der Waals surface area contributed by atoms with Crippen molar-refractivity contribution in [2.24, 2.45) is 0 Å². The van der Waals surface area contributed by atoms with Crippen molar-refractivity contribution in [3.8, 4) is 0 Å². The Labute approximate surface area is 172 Å². The highest BCUT2D eigenvalue weighted by Gasteiger charge is 2.39. The van der Waals surface area contributed by atoms with Crippen molar-refractivity contribution in [2.75, 3.05) is 6.54 Å². The van der Waals surface area contributed by atoms with Gasteiger partial charge in [0.05, 0.1) is 23.2 Å². The van der Waals surface area contributed by atoms with Crippen molar-refractivity contribution >= 4 is 11.4 Å². The topological polar surface area (TPSA) is 105 Å². The van der Waals surface area contributed by atoms with Gasteiger partial charge < -0.3 is 14.3 Å². The van der Waals surface area contributed by atoms with Crippen molar-refractivity contribution in [1.29, 1.82) is 0 Å². The number of imidazole rings is 1. The van der Waals surface area contributed by atoms with Gasteiger partial charge in [-0.25, -0.2) is 9.50 Å². The van der Waals surface area contributed by atoms with Gasteiger partial charge in [0.25, 0.3) is 0 Å². The first-order valence-electron chi connectivity index (χ1n) is 10.4. The summed E-state index contributed by atoms with van der Waals surface area (Å²) in [5.74, 6) is 0.632. The van der Waals surface area contributed by atoms with Crippen LogP contribution in [-0.4, -0.2) is 47.1 Å². The summed E-state index contributed by atoms with van der Waals surface area (Å²) in [7, 11) is 0. The second kappa shape index (κ2) is 6.51. The zero-order valence-electron chi connectivity index (χ0n) is 16.6. The molecule has 30 heavy (non-hydrogen) atoms. The quantitative estimate of drug-likeness (QED) is 0.562. The average molecular weight is 403 g/mol. The molecule has 6 rings (SSSR count). The number of pyridine rings is 1. The normalized spacial score (nSPS) is 18.7. The van der Waals surface area contributed by atoms with E-state index < -0.39 is 6.04 Å². The van der Waals surface area contributed by atoms with Gasteiger partial charge in [-0.05, 0) is 37.0 Å². The summed E-state index contributed by atoms with van der Waals surface area (Å²) < 4.78 is 7.58. The first-order chi connectivity index (χ1) is 14.7. The number of aryl methyl sites for hydroxylation is 1. The number of hydrogen-bond donors (Lipinski definition) is 1. The van der Waals surface area contributed by atoms with E-state index in [9.17, 15) is 4.79 Å². The summed E-state index contributed by atoms with van der Waals surface area (Å²) in [6.07, 6.45) is 7.28. The van der Waals surface area contributed by atoms with Crippen LogP contribution in [0.3, 0.4) is 0 Å². The molecule has 1 atom stereocenters. The van der Waals surface area contributed by atoms with E-state index in [0.717, 1.165) is 41.9 Å². The Morgan fingerprint density at radius 1 is 1.33 bits per heavy atom. The van der Waals surface area contributed by atoms with Gasteiger partial charge in [0, 0.05) is 30.8 Å². The zero-order chi connectivity index (χ0) is 20.2. The molecule has 4 aromatic heterocycles. The van der Waals surface area contributed by atoms with E-state index in [1.165, 1.54) is 5.56 Å². The van der Waals surface area contributed by atoms with Gasteiger partial charge in [0.1, 0.15) is 6.04 Å². The smallest absolute Gasteiger partial charge is 0.312 e. The highest BCUT2D eigenvalue weighted by Crippen LogP contribution is 2.39. The summed E-state index contributed by atoms with van der Waals surface area (Å²) in [5.41, 5.74) is 4.87.